The minimum absolute atomic E-state index is 0.113. The van der Waals surface area contributed by atoms with Gasteiger partial charge in [0.1, 0.15) is 0 Å². The maximum atomic E-state index is 13.8. The minimum Gasteiger partial charge on any atom is -0.329 e. The summed E-state index contributed by atoms with van der Waals surface area (Å²) in [6, 6.07) is 22.4. The van der Waals surface area contributed by atoms with Crippen molar-refractivity contribution in [1.29, 1.82) is 0 Å². The van der Waals surface area contributed by atoms with Crippen molar-refractivity contribution in [2.24, 2.45) is 0 Å². The van der Waals surface area contributed by atoms with Gasteiger partial charge >= 0.3 is 0 Å². The molecule has 1 aliphatic rings. The van der Waals surface area contributed by atoms with Crippen LogP contribution in [0.15, 0.2) is 78.0 Å². The molecule has 34 heavy (non-hydrogen) atoms. The lowest BCUT2D eigenvalue weighted by Gasteiger charge is -2.31. The molecule has 0 radical (unpaired) electrons. The molecule has 2 N–H and O–H groups in total. The van der Waals surface area contributed by atoms with E-state index < -0.39 is 0 Å². The largest absolute Gasteiger partial charge is 0.329 e. The fourth-order valence-corrected chi connectivity index (χ4v) is 4.78. The van der Waals surface area contributed by atoms with Crippen molar-refractivity contribution in [1.82, 2.24) is 9.55 Å². The van der Waals surface area contributed by atoms with Crippen LogP contribution >= 0.6 is 0 Å². The number of rotatable bonds is 4. The first-order valence-electron chi connectivity index (χ1n) is 11.8. The Balaban J connectivity index is 1.64. The van der Waals surface area contributed by atoms with Gasteiger partial charge in [0.25, 0.3) is 5.91 Å². The van der Waals surface area contributed by atoms with Gasteiger partial charge in [-0.3, -0.25) is 9.36 Å². The number of carbonyl (C=O) groups is 1. The molecule has 2 heterocycles. The Labute approximate surface area is 200 Å². The van der Waals surface area contributed by atoms with E-state index in [0.29, 0.717) is 11.5 Å². The number of nitrogens with one attached hydrogen (secondary N) is 2. The highest BCUT2D eigenvalue weighted by Gasteiger charge is 2.34. The molecule has 172 valence electrons. The number of hydrogen-bond donors (Lipinski definition) is 2. The lowest BCUT2D eigenvalue weighted by atomic mass is 9.92. The van der Waals surface area contributed by atoms with Crippen molar-refractivity contribution in [2.75, 3.05) is 10.6 Å². The van der Waals surface area contributed by atoms with Gasteiger partial charge in [0.05, 0.1) is 22.6 Å². The molecule has 5 rings (SSSR count). The summed E-state index contributed by atoms with van der Waals surface area (Å²) in [7, 11) is 0. The first-order chi connectivity index (χ1) is 16.3. The lowest BCUT2D eigenvalue weighted by Crippen LogP contribution is -2.31. The average molecular weight is 451 g/mol. The number of fused-ring (bicyclic) bond motifs is 3. The second kappa shape index (κ2) is 8.49. The molecule has 1 aliphatic heterocycles. The summed E-state index contributed by atoms with van der Waals surface area (Å²) in [4.78, 5) is 18.6. The van der Waals surface area contributed by atoms with Crippen LogP contribution in [0.2, 0.25) is 0 Å². The second-order valence-electron chi connectivity index (χ2n) is 9.45. The Morgan fingerprint density at radius 2 is 1.74 bits per heavy atom. The molecule has 5 heteroatoms. The Kier molecular flexibility index (Phi) is 5.48. The van der Waals surface area contributed by atoms with E-state index in [-0.39, 0.29) is 11.9 Å². The monoisotopic (exact) mass is 450 g/mol. The lowest BCUT2D eigenvalue weighted by molar-refractivity contribution is -0.113. The summed E-state index contributed by atoms with van der Waals surface area (Å²) in [5, 5.41) is 6.56. The summed E-state index contributed by atoms with van der Waals surface area (Å²) < 4.78 is 2.14. The number of nitrogens with zero attached hydrogens (tertiary/aromatic N) is 2. The van der Waals surface area contributed by atoms with E-state index >= 15 is 0 Å². The van der Waals surface area contributed by atoms with E-state index in [4.69, 9.17) is 4.98 Å². The summed E-state index contributed by atoms with van der Waals surface area (Å²) in [6.45, 7) is 10.4. The van der Waals surface area contributed by atoms with Crippen molar-refractivity contribution in [2.45, 2.75) is 46.6 Å². The number of amides is 1. The van der Waals surface area contributed by atoms with Crippen molar-refractivity contribution in [3.63, 3.8) is 0 Å². The van der Waals surface area contributed by atoms with Crippen LogP contribution < -0.4 is 10.6 Å². The summed E-state index contributed by atoms with van der Waals surface area (Å²) in [6.07, 6.45) is 0. The van der Waals surface area contributed by atoms with Gasteiger partial charge in [-0.1, -0.05) is 67.9 Å². The molecule has 0 spiro atoms. The third-order valence-corrected chi connectivity index (χ3v) is 6.62. The fourth-order valence-electron chi connectivity index (χ4n) is 4.78. The highest BCUT2D eigenvalue weighted by molar-refractivity contribution is 6.06. The van der Waals surface area contributed by atoms with E-state index in [1.54, 1.807) is 0 Å². The van der Waals surface area contributed by atoms with Crippen LogP contribution in [-0.2, 0) is 4.79 Å². The van der Waals surface area contributed by atoms with Gasteiger partial charge in [0, 0.05) is 11.4 Å². The van der Waals surface area contributed by atoms with Gasteiger partial charge in [-0.15, -0.1) is 0 Å². The molecule has 0 unspecified atom stereocenters. The third kappa shape index (κ3) is 3.77. The number of benzene rings is 3. The molecule has 0 fully saturated rings. The average Bonchev–Trinajstić information content (AvgIpc) is 3.17. The van der Waals surface area contributed by atoms with E-state index in [2.05, 4.69) is 72.4 Å². The van der Waals surface area contributed by atoms with E-state index in [0.717, 1.165) is 39.5 Å². The van der Waals surface area contributed by atoms with Crippen LogP contribution in [0.5, 0.6) is 0 Å². The molecule has 5 nitrogen and oxygen atoms in total. The third-order valence-electron chi connectivity index (χ3n) is 6.62. The highest BCUT2D eigenvalue weighted by Crippen LogP contribution is 2.40. The molecule has 1 amide bonds. The number of carbonyl (C=O) groups excluding carboxylic acids is 1. The summed E-state index contributed by atoms with van der Waals surface area (Å²) in [5.41, 5.74) is 8.76. The standard InChI is InChI=1S/C29H30N4O/c1-17(2)21-11-13-22(14-12-21)27-26(28(34)31-23-15-10-18(3)16-19(23)4)20(5)30-29-32-24-8-6-7-9-25(24)33(27)29/h6-17,27H,1-5H3,(H,30,32)(H,31,34)/t27-/m0/s1. The highest BCUT2D eigenvalue weighted by atomic mass is 16.1. The van der Waals surface area contributed by atoms with Crippen molar-refractivity contribution < 1.29 is 4.79 Å². The second-order valence-corrected chi connectivity index (χ2v) is 9.45. The molecular weight excluding hydrogens is 420 g/mol. The first kappa shape index (κ1) is 22.0. The Morgan fingerprint density at radius 1 is 1.00 bits per heavy atom. The minimum atomic E-state index is -0.296. The molecule has 4 aromatic rings. The van der Waals surface area contributed by atoms with Crippen LogP contribution in [-0.4, -0.2) is 15.5 Å². The van der Waals surface area contributed by atoms with E-state index in [1.165, 1.54) is 11.1 Å². The molecule has 0 saturated heterocycles. The van der Waals surface area contributed by atoms with Crippen molar-refractivity contribution >= 4 is 28.6 Å². The van der Waals surface area contributed by atoms with Gasteiger partial charge in [0.2, 0.25) is 5.95 Å². The normalized spacial score (nSPS) is 15.4. The number of imidazole rings is 1. The molecule has 0 bridgehead atoms. The molecule has 0 saturated carbocycles. The predicted octanol–water partition coefficient (Wildman–Crippen LogP) is 6.70. The van der Waals surface area contributed by atoms with Crippen LogP contribution in [0.1, 0.15) is 55.0 Å². The zero-order valence-corrected chi connectivity index (χ0v) is 20.3. The van der Waals surface area contributed by atoms with Crippen LogP contribution in [0.4, 0.5) is 11.6 Å². The number of aromatic nitrogens is 2. The van der Waals surface area contributed by atoms with Crippen molar-refractivity contribution in [3.8, 4) is 0 Å². The van der Waals surface area contributed by atoms with Gasteiger partial charge in [0.15, 0.2) is 0 Å². The van der Waals surface area contributed by atoms with Crippen LogP contribution in [0, 0.1) is 13.8 Å². The molecular formula is C29H30N4O. The smallest absolute Gasteiger partial charge is 0.255 e. The van der Waals surface area contributed by atoms with Gasteiger partial charge in [-0.25, -0.2) is 4.98 Å². The predicted molar refractivity (Wildman–Crippen MR) is 139 cm³/mol. The fraction of sp³-hybridized carbons (Fsp3) is 0.241. The Morgan fingerprint density at radius 3 is 2.44 bits per heavy atom. The number of para-hydroxylation sites is 2. The number of hydrogen-bond acceptors (Lipinski definition) is 3. The maximum absolute atomic E-state index is 13.8. The van der Waals surface area contributed by atoms with Gasteiger partial charge < -0.3 is 10.6 Å². The zero-order valence-electron chi connectivity index (χ0n) is 20.3. The number of allylic oxidation sites excluding steroid dienone is 1. The molecule has 1 atom stereocenters. The van der Waals surface area contributed by atoms with Crippen molar-refractivity contribution in [3.05, 3.63) is 100 Å². The first-order valence-corrected chi connectivity index (χ1v) is 11.8. The Hall–Kier alpha value is -3.86. The van der Waals surface area contributed by atoms with E-state index in [1.807, 2.05) is 44.2 Å². The van der Waals surface area contributed by atoms with E-state index in [9.17, 15) is 4.79 Å². The van der Waals surface area contributed by atoms with Crippen LogP contribution in [0.3, 0.4) is 0 Å². The summed E-state index contributed by atoms with van der Waals surface area (Å²) in [5.74, 6) is 1.08. The molecule has 3 aromatic carbocycles. The van der Waals surface area contributed by atoms with Crippen LogP contribution in [0.25, 0.3) is 11.0 Å². The van der Waals surface area contributed by atoms with Gasteiger partial charge in [-0.05, 0) is 61.6 Å². The Bertz CT molecular complexity index is 1430. The number of anilines is 2. The summed E-state index contributed by atoms with van der Waals surface area (Å²) >= 11 is 0. The zero-order chi connectivity index (χ0) is 24.0. The SMILES string of the molecule is CC1=C(C(=O)Nc2ccc(C)cc2C)[C@H](c2ccc(C(C)C)cc2)n2c(nc3ccccc32)N1. The quantitative estimate of drug-likeness (QED) is 0.363. The van der Waals surface area contributed by atoms with Gasteiger partial charge in [-0.2, -0.15) is 0 Å². The molecule has 0 aliphatic carbocycles. The maximum Gasteiger partial charge on any atom is 0.255 e. The topological polar surface area (TPSA) is 59.0 Å². The number of aryl methyl sites for hydroxylation is 2. The molecule has 1 aromatic heterocycles.